The van der Waals surface area contributed by atoms with Crippen LogP contribution in [0.3, 0.4) is 0 Å². The molecule has 0 bridgehead atoms. The number of carbonyl (C=O) groups excluding carboxylic acids is 1. The number of aryl methyl sites for hydroxylation is 1. The molecule has 5 heteroatoms. The Bertz CT molecular complexity index is 804. The molecule has 27 heavy (non-hydrogen) atoms. The third-order valence-electron chi connectivity index (χ3n) is 4.59. The summed E-state index contributed by atoms with van der Waals surface area (Å²) in [6.45, 7) is 6.20. The van der Waals surface area contributed by atoms with Gasteiger partial charge in [-0.3, -0.25) is 4.79 Å². The van der Waals surface area contributed by atoms with Crippen LogP contribution in [-0.4, -0.2) is 17.3 Å². The normalized spacial score (nSPS) is 17.7. The van der Waals surface area contributed by atoms with Crippen molar-refractivity contribution < 1.29 is 9.53 Å². The number of benzene rings is 2. The summed E-state index contributed by atoms with van der Waals surface area (Å²) in [7, 11) is 0. The average Bonchev–Trinajstić information content (AvgIpc) is 2.60. The quantitative estimate of drug-likeness (QED) is 0.479. The third-order valence-corrected chi connectivity index (χ3v) is 5.94. The number of ether oxygens (including phenoxy) is 1. The van der Waals surface area contributed by atoms with Gasteiger partial charge in [-0.2, -0.15) is 0 Å². The van der Waals surface area contributed by atoms with Crippen LogP contribution in [0.1, 0.15) is 50.3 Å². The lowest BCUT2D eigenvalue weighted by Crippen LogP contribution is -2.41. The number of hydrogen-bond acceptors (Lipinski definition) is 3. The summed E-state index contributed by atoms with van der Waals surface area (Å²) in [6, 6.07) is 14.0. The summed E-state index contributed by atoms with van der Waals surface area (Å²) < 4.78 is 6.08. The van der Waals surface area contributed by atoms with Crippen LogP contribution in [0.15, 0.2) is 47.4 Å². The Kier molecular flexibility index (Phi) is 6.38. The maximum atomic E-state index is 12.5. The molecule has 1 heterocycles. The van der Waals surface area contributed by atoms with Crippen LogP contribution in [0, 0.1) is 6.92 Å². The fraction of sp³-hybridized carbons (Fsp3) is 0.409. The van der Waals surface area contributed by atoms with E-state index in [0.29, 0.717) is 6.42 Å². The number of halogens is 1. The first-order valence-electron chi connectivity index (χ1n) is 9.30. The van der Waals surface area contributed by atoms with Crippen molar-refractivity contribution in [2.45, 2.75) is 56.6 Å². The molecule has 3 rings (SSSR count). The van der Waals surface area contributed by atoms with E-state index in [-0.39, 0.29) is 17.6 Å². The molecule has 144 valence electrons. The van der Waals surface area contributed by atoms with Crippen molar-refractivity contribution in [2.24, 2.45) is 0 Å². The Morgan fingerprint density at radius 1 is 1.26 bits per heavy atom. The Morgan fingerprint density at radius 2 is 2.00 bits per heavy atom. The molecule has 0 aromatic heterocycles. The van der Waals surface area contributed by atoms with Crippen molar-refractivity contribution in [1.82, 2.24) is 5.32 Å². The Balaban J connectivity index is 1.53. The molecule has 1 aliphatic heterocycles. The number of hydrogen-bond donors (Lipinski definition) is 1. The maximum absolute atomic E-state index is 12.5. The van der Waals surface area contributed by atoms with Crippen LogP contribution in [0.5, 0.6) is 5.75 Å². The van der Waals surface area contributed by atoms with Gasteiger partial charge >= 0.3 is 0 Å². The fourth-order valence-corrected chi connectivity index (χ4v) is 4.30. The van der Waals surface area contributed by atoms with Gasteiger partial charge in [0.05, 0.1) is 6.04 Å². The van der Waals surface area contributed by atoms with Crippen LogP contribution in [0.2, 0.25) is 5.02 Å². The van der Waals surface area contributed by atoms with Gasteiger partial charge in [-0.05, 0) is 63.3 Å². The van der Waals surface area contributed by atoms with Crippen molar-refractivity contribution in [2.75, 3.05) is 5.75 Å². The van der Waals surface area contributed by atoms with Gasteiger partial charge in [-0.1, -0.05) is 29.3 Å². The number of amides is 1. The summed E-state index contributed by atoms with van der Waals surface area (Å²) in [4.78, 5) is 13.7. The minimum atomic E-state index is -0.287. The SMILES string of the molecule is Cc1ccc2c(c1)[C@@H](NC(=O)CCCSc1ccc(Cl)cc1)CC(C)(C)O2. The van der Waals surface area contributed by atoms with Crippen molar-refractivity contribution in [3.63, 3.8) is 0 Å². The molecule has 1 amide bonds. The molecule has 1 aliphatic rings. The van der Waals surface area contributed by atoms with E-state index >= 15 is 0 Å². The van der Waals surface area contributed by atoms with Gasteiger partial charge in [-0.25, -0.2) is 0 Å². The Hall–Kier alpha value is -1.65. The molecule has 2 aromatic carbocycles. The van der Waals surface area contributed by atoms with E-state index in [2.05, 4.69) is 32.2 Å². The van der Waals surface area contributed by atoms with Crippen molar-refractivity contribution in [3.05, 3.63) is 58.6 Å². The van der Waals surface area contributed by atoms with E-state index in [4.69, 9.17) is 16.3 Å². The highest BCUT2D eigenvalue weighted by atomic mass is 35.5. The summed E-state index contributed by atoms with van der Waals surface area (Å²) in [5.74, 6) is 1.88. The monoisotopic (exact) mass is 403 g/mol. The first kappa shape index (κ1) is 20.1. The average molecular weight is 404 g/mol. The highest BCUT2D eigenvalue weighted by Crippen LogP contribution is 2.39. The number of rotatable bonds is 6. The van der Waals surface area contributed by atoms with Crippen molar-refractivity contribution in [3.8, 4) is 5.75 Å². The fourth-order valence-electron chi connectivity index (χ4n) is 3.32. The van der Waals surface area contributed by atoms with Crippen LogP contribution >= 0.6 is 23.4 Å². The van der Waals surface area contributed by atoms with E-state index < -0.39 is 0 Å². The summed E-state index contributed by atoms with van der Waals surface area (Å²) >= 11 is 7.65. The lowest BCUT2D eigenvalue weighted by Gasteiger charge is -2.38. The van der Waals surface area contributed by atoms with Gasteiger partial charge in [-0.15, -0.1) is 11.8 Å². The molecular formula is C22H26ClNO2S. The number of fused-ring (bicyclic) bond motifs is 1. The van der Waals surface area contributed by atoms with Gasteiger partial charge in [0.25, 0.3) is 0 Å². The van der Waals surface area contributed by atoms with Gasteiger partial charge in [0.15, 0.2) is 0 Å². The first-order valence-corrected chi connectivity index (χ1v) is 10.7. The minimum absolute atomic E-state index is 0.0000632. The van der Waals surface area contributed by atoms with Gasteiger partial charge in [0.2, 0.25) is 5.91 Å². The predicted molar refractivity (Wildman–Crippen MR) is 113 cm³/mol. The zero-order valence-electron chi connectivity index (χ0n) is 16.0. The molecular weight excluding hydrogens is 378 g/mol. The summed E-state index contributed by atoms with van der Waals surface area (Å²) in [5.41, 5.74) is 1.97. The Labute approximate surface area is 170 Å². The van der Waals surface area contributed by atoms with Crippen molar-refractivity contribution >= 4 is 29.3 Å². The number of thioether (sulfide) groups is 1. The topological polar surface area (TPSA) is 38.3 Å². The molecule has 0 saturated carbocycles. The van der Waals surface area contributed by atoms with Crippen molar-refractivity contribution in [1.29, 1.82) is 0 Å². The molecule has 1 atom stereocenters. The van der Waals surface area contributed by atoms with E-state index in [1.807, 2.05) is 36.4 Å². The first-order chi connectivity index (χ1) is 12.8. The smallest absolute Gasteiger partial charge is 0.220 e. The summed E-state index contributed by atoms with van der Waals surface area (Å²) in [6.07, 6.45) is 2.14. The van der Waals surface area contributed by atoms with Crippen LogP contribution in [0.25, 0.3) is 0 Å². The van der Waals surface area contributed by atoms with E-state index in [1.54, 1.807) is 11.8 Å². The van der Waals surface area contributed by atoms with Crippen LogP contribution < -0.4 is 10.1 Å². The molecule has 0 aliphatic carbocycles. The van der Waals surface area contributed by atoms with Crippen LogP contribution in [-0.2, 0) is 4.79 Å². The molecule has 0 fully saturated rings. The zero-order valence-corrected chi connectivity index (χ0v) is 17.6. The summed E-state index contributed by atoms with van der Waals surface area (Å²) in [5, 5.41) is 3.96. The zero-order chi connectivity index (χ0) is 19.4. The maximum Gasteiger partial charge on any atom is 0.220 e. The third kappa shape index (κ3) is 5.66. The van der Waals surface area contributed by atoms with Gasteiger partial charge in [0, 0.05) is 28.3 Å². The van der Waals surface area contributed by atoms with Crippen LogP contribution in [0.4, 0.5) is 0 Å². The predicted octanol–water partition coefficient (Wildman–Crippen LogP) is 5.94. The molecule has 0 spiro atoms. The largest absolute Gasteiger partial charge is 0.487 e. The van der Waals surface area contributed by atoms with Gasteiger partial charge < -0.3 is 10.1 Å². The lowest BCUT2D eigenvalue weighted by atomic mass is 9.89. The van der Waals surface area contributed by atoms with E-state index in [1.165, 1.54) is 10.5 Å². The highest BCUT2D eigenvalue weighted by molar-refractivity contribution is 7.99. The number of carbonyl (C=O) groups is 1. The minimum Gasteiger partial charge on any atom is -0.487 e. The lowest BCUT2D eigenvalue weighted by molar-refractivity contribution is -0.122. The van der Waals surface area contributed by atoms with E-state index in [9.17, 15) is 4.79 Å². The molecule has 2 aromatic rings. The molecule has 1 N–H and O–H groups in total. The van der Waals surface area contributed by atoms with E-state index in [0.717, 1.165) is 34.9 Å². The highest BCUT2D eigenvalue weighted by Gasteiger charge is 2.34. The standard InChI is InChI=1S/C22H26ClNO2S/c1-15-6-11-20-18(13-15)19(14-22(2,3)26-20)24-21(25)5-4-12-27-17-9-7-16(23)8-10-17/h6-11,13,19H,4-5,12,14H2,1-3H3,(H,24,25)/t19-/m0/s1. The molecule has 0 unspecified atom stereocenters. The second-order valence-electron chi connectivity index (χ2n) is 7.63. The molecule has 3 nitrogen and oxygen atoms in total. The molecule has 0 radical (unpaired) electrons. The molecule has 0 saturated heterocycles. The van der Waals surface area contributed by atoms with Gasteiger partial charge in [0.1, 0.15) is 11.4 Å². The number of nitrogens with one attached hydrogen (secondary N) is 1. The second-order valence-corrected chi connectivity index (χ2v) is 9.24. The second kappa shape index (κ2) is 8.57. The Morgan fingerprint density at radius 3 is 2.74 bits per heavy atom.